The molecular formula is C15H13BrClFN2O2. The molecule has 2 aromatic rings. The highest BCUT2D eigenvalue weighted by Crippen LogP contribution is 2.22. The van der Waals surface area contributed by atoms with Gasteiger partial charge in [0.15, 0.2) is 0 Å². The van der Waals surface area contributed by atoms with E-state index in [9.17, 15) is 9.18 Å². The Bertz CT molecular complexity index is 667. The third-order valence-electron chi connectivity index (χ3n) is 2.88. The molecule has 0 radical (unpaired) electrons. The maximum atomic E-state index is 13.8. The lowest BCUT2D eigenvalue weighted by Crippen LogP contribution is -2.37. The largest absolute Gasteiger partial charge is 0.395 e. The van der Waals surface area contributed by atoms with Gasteiger partial charge < -0.3 is 10.4 Å². The van der Waals surface area contributed by atoms with Gasteiger partial charge in [-0.2, -0.15) is 0 Å². The van der Waals surface area contributed by atoms with Crippen LogP contribution in [0.15, 0.2) is 46.9 Å². The van der Waals surface area contributed by atoms with E-state index >= 15 is 0 Å². The Balaban J connectivity index is 2.21. The van der Waals surface area contributed by atoms with Crippen LogP contribution in [0.5, 0.6) is 0 Å². The second kappa shape index (κ2) is 7.58. The molecule has 2 N–H and O–H groups in total. The second-order valence-corrected chi connectivity index (χ2v) is 5.76. The molecule has 4 nitrogen and oxygen atoms in total. The van der Waals surface area contributed by atoms with E-state index in [0.29, 0.717) is 15.2 Å². The molecule has 0 aromatic heterocycles. The molecule has 2 rings (SSSR count). The highest BCUT2D eigenvalue weighted by atomic mass is 79.9. The minimum absolute atomic E-state index is 0.0603. The number of urea groups is 1. The summed E-state index contributed by atoms with van der Waals surface area (Å²) in [4.78, 5) is 13.6. The molecule has 22 heavy (non-hydrogen) atoms. The lowest BCUT2D eigenvalue weighted by atomic mass is 10.3. The number of rotatable bonds is 4. The summed E-state index contributed by atoms with van der Waals surface area (Å²) in [7, 11) is 0. The van der Waals surface area contributed by atoms with Crippen molar-refractivity contribution >= 4 is 44.9 Å². The number of aliphatic hydroxyl groups is 1. The van der Waals surface area contributed by atoms with E-state index in [-0.39, 0.29) is 18.8 Å². The summed E-state index contributed by atoms with van der Waals surface area (Å²) in [6, 6.07) is 10.4. The maximum absolute atomic E-state index is 13.8. The minimum atomic E-state index is -0.553. The summed E-state index contributed by atoms with van der Waals surface area (Å²) in [5.41, 5.74) is 0.610. The molecule has 2 amide bonds. The molecule has 0 aliphatic carbocycles. The van der Waals surface area contributed by atoms with Crippen molar-refractivity contribution in [1.82, 2.24) is 0 Å². The first kappa shape index (κ1) is 16.7. The molecule has 7 heteroatoms. The summed E-state index contributed by atoms with van der Waals surface area (Å²) in [5, 5.41) is 12.1. The first-order chi connectivity index (χ1) is 10.5. The molecule has 0 atom stereocenters. The number of nitrogens with one attached hydrogen (secondary N) is 1. The van der Waals surface area contributed by atoms with Gasteiger partial charge >= 0.3 is 6.03 Å². The van der Waals surface area contributed by atoms with E-state index in [2.05, 4.69) is 21.2 Å². The number of amides is 2. The van der Waals surface area contributed by atoms with Crippen molar-refractivity contribution in [3.8, 4) is 0 Å². The first-order valence-electron chi connectivity index (χ1n) is 6.41. The maximum Gasteiger partial charge on any atom is 0.326 e. The molecule has 0 aliphatic heterocycles. The van der Waals surface area contributed by atoms with Crippen molar-refractivity contribution in [3.63, 3.8) is 0 Å². The van der Waals surface area contributed by atoms with Gasteiger partial charge in [-0.3, -0.25) is 4.90 Å². The molecule has 0 heterocycles. The van der Waals surface area contributed by atoms with Crippen LogP contribution in [0.1, 0.15) is 0 Å². The average Bonchev–Trinajstić information content (AvgIpc) is 2.49. The van der Waals surface area contributed by atoms with Crippen LogP contribution in [-0.4, -0.2) is 24.3 Å². The summed E-state index contributed by atoms with van der Waals surface area (Å²) in [5.74, 6) is -0.553. The van der Waals surface area contributed by atoms with E-state index in [0.717, 1.165) is 0 Å². The van der Waals surface area contributed by atoms with Crippen LogP contribution >= 0.6 is 27.5 Å². The predicted molar refractivity (Wildman–Crippen MR) is 89.0 cm³/mol. The third-order valence-corrected chi connectivity index (χ3v) is 3.63. The van der Waals surface area contributed by atoms with Gasteiger partial charge in [-0.25, -0.2) is 9.18 Å². The lowest BCUT2D eigenvalue weighted by Gasteiger charge is -2.22. The molecule has 0 saturated carbocycles. The minimum Gasteiger partial charge on any atom is -0.395 e. The average molecular weight is 388 g/mol. The summed E-state index contributed by atoms with van der Waals surface area (Å²) >= 11 is 8.97. The zero-order valence-corrected chi connectivity index (χ0v) is 13.7. The van der Waals surface area contributed by atoms with E-state index in [4.69, 9.17) is 16.7 Å². The number of carbonyl (C=O) groups excluding carboxylic acids is 1. The standard InChI is InChI=1S/C15H13BrClFN2O2/c16-10-1-6-14(13(18)9-10)19-15(22)20(7-8-21)12-4-2-11(17)3-5-12/h1-6,9,21H,7-8H2,(H,19,22). The van der Waals surface area contributed by atoms with Crippen molar-refractivity contribution in [2.45, 2.75) is 0 Å². The van der Waals surface area contributed by atoms with Crippen LogP contribution in [0.4, 0.5) is 20.6 Å². The van der Waals surface area contributed by atoms with Gasteiger partial charge in [0.2, 0.25) is 0 Å². The van der Waals surface area contributed by atoms with Gasteiger partial charge in [0.05, 0.1) is 18.8 Å². The van der Waals surface area contributed by atoms with Crippen molar-refractivity contribution < 1.29 is 14.3 Å². The van der Waals surface area contributed by atoms with Crippen LogP contribution < -0.4 is 10.2 Å². The Morgan fingerprint density at radius 2 is 1.95 bits per heavy atom. The van der Waals surface area contributed by atoms with Crippen LogP contribution in [0, 0.1) is 5.82 Å². The Morgan fingerprint density at radius 3 is 2.55 bits per heavy atom. The van der Waals surface area contributed by atoms with Crippen molar-refractivity contribution in [2.75, 3.05) is 23.4 Å². The Kier molecular flexibility index (Phi) is 5.76. The molecular weight excluding hydrogens is 375 g/mol. The fourth-order valence-electron chi connectivity index (χ4n) is 1.84. The van der Waals surface area contributed by atoms with Crippen molar-refractivity contribution in [1.29, 1.82) is 0 Å². The number of anilines is 2. The Hall–Kier alpha value is -1.63. The Labute approximate surface area is 140 Å². The number of carbonyl (C=O) groups is 1. The molecule has 0 aliphatic rings. The second-order valence-electron chi connectivity index (χ2n) is 4.41. The number of hydrogen-bond acceptors (Lipinski definition) is 2. The fourth-order valence-corrected chi connectivity index (χ4v) is 2.30. The quantitative estimate of drug-likeness (QED) is 0.823. The summed E-state index contributed by atoms with van der Waals surface area (Å²) in [6.45, 7) is -0.148. The van der Waals surface area contributed by atoms with Crippen LogP contribution in [0.2, 0.25) is 5.02 Å². The zero-order chi connectivity index (χ0) is 16.1. The van der Waals surface area contributed by atoms with Crippen LogP contribution in [0.25, 0.3) is 0 Å². The zero-order valence-electron chi connectivity index (χ0n) is 11.4. The van der Waals surface area contributed by atoms with Gasteiger partial charge in [0.25, 0.3) is 0 Å². The molecule has 0 unspecified atom stereocenters. The smallest absolute Gasteiger partial charge is 0.326 e. The number of halogens is 3. The first-order valence-corrected chi connectivity index (χ1v) is 7.58. The highest BCUT2D eigenvalue weighted by molar-refractivity contribution is 9.10. The van der Waals surface area contributed by atoms with Gasteiger partial charge in [0.1, 0.15) is 5.82 Å². The SMILES string of the molecule is O=C(Nc1ccc(Br)cc1F)N(CCO)c1ccc(Cl)cc1. The fraction of sp³-hybridized carbons (Fsp3) is 0.133. The molecule has 0 bridgehead atoms. The van der Waals surface area contributed by atoms with Gasteiger partial charge in [-0.15, -0.1) is 0 Å². The molecule has 0 fully saturated rings. The molecule has 0 saturated heterocycles. The van der Waals surface area contributed by atoms with Crippen LogP contribution in [-0.2, 0) is 0 Å². The summed E-state index contributed by atoms with van der Waals surface area (Å²) < 4.78 is 14.4. The lowest BCUT2D eigenvalue weighted by molar-refractivity contribution is 0.252. The number of benzene rings is 2. The van der Waals surface area contributed by atoms with Crippen LogP contribution in [0.3, 0.4) is 0 Å². The van der Waals surface area contributed by atoms with Crippen molar-refractivity contribution in [2.24, 2.45) is 0 Å². The van der Waals surface area contributed by atoms with Crippen molar-refractivity contribution in [3.05, 3.63) is 57.8 Å². The predicted octanol–water partition coefficient (Wildman–Crippen LogP) is 4.27. The van der Waals surface area contributed by atoms with E-state index in [1.165, 1.54) is 17.0 Å². The van der Waals surface area contributed by atoms with E-state index in [1.807, 2.05) is 0 Å². The van der Waals surface area contributed by atoms with E-state index < -0.39 is 11.8 Å². The topological polar surface area (TPSA) is 52.6 Å². The van der Waals surface area contributed by atoms with Gasteiger partial charge in [0, 0.05) is 15.2 Å². The molecule has 0 spiro atoms. The number of aliphatic hydroxyl groups excluding tert-OH is 1. The number of nitrogens with zero attached hydrogens (tertiary/aromatic N) is 1. The monoisotopic (exact) mass is 386 g/mol. The Morgan fingerprint density at radius 1 is 1.27 bits per heavy atom. The molecule has 116 valence electrons. The third kappa shape index (κ3) is 4.19. The van der Waals surface area contributed by atoms with Gasteiger partial charge in [-0.1, -0.05) is 27.5 Å². The number of hydrogen-bond donors (Lipinski definition) is 2. The van der Waals surface area contributed by atoms with E-state index in [1.54, 1.807) is 30.3 Å². The van der Waals surface area contributed by atoms with Gasteiger partial charge in [-0.05, 0) is 42.5 Å². The normalized spacial score (nSPS) is 10.4. The molecule has 2 aromatic carbocycles. The summed E-state index contributed by atoms with van der Waals surface area (Å²) in [6.07, 6.45) is 0. The highest BCUT2D eigenvalue weighted by Gasteiger charge is 2.17.